The van der Waals surface area contributed by atoms with Crippen molar-refractivity contribution in [2.45, 2.75) is 51.7 Å². The Morgan fingerprint density at radius 1 is 1.30 bits per heavy atom. The van der Waals surface area contributed by atoms with Gasteiger partial charge in [-0.15, -0.1) is 0 Å². The molecule has 1 aromatic heterocycles. The molecular formula is C14H20BN3O2. The number of nitriles is 1. The Labute approximate surface area is 120 Å². The van der Waals surface area contributed by atoms with Crippen LogP contribution in [0.1, 0.15) is 39.7 Å². The van der Waals surface area contributed by atoms with E-state index in [-0.39, 0.29) is 11.2 Å². The number of hydrogen-bond acceptors (Lipinski definition) is 5. The number of aryl methyl sites for hydroxylation is 1. The summed E-state index contributed by atoms with van der Waals surface area (Å²) in [5.74, 6) is 0.459. The SMILES string of the molecule is CC1(C)OB(c2cnc(N)c(CCC#N)c2)OC1(C)C. The Hall–Kier alpha value is -1.58. The molecule has 5 nitrogen and oxygen atoms in total. The van der Waals surface area contributed by atoms with Crippen LogP contribution in [0.2, 0.25) is 0 Å². The Bertz CT molecular complexity index is 536. The average molecular weight is 273 g/mol. The normalized spacial score (nSPS) is 19.9. The molecule has 2 N–H and O–H groups in total. The second-order valence-electron chi connectivity index (χ2n) is 6.06. The average Bonchev–Trinajstić information content (AvgIpc) is 2.57. The molecule has 1 aliphatic rings. The van der Waals surface area contributed by atoms with E-state index >= 15 is 0 Å². The summed E-state index contributed by atoms with van der Waals surface area (Å²) in [4.78, 5) is 4.18. The molecule has 0 bridgehead atoms. The monoisotopic (exact) mass is 273 g/mol. The van der Waals surface area contributed by atoms with Gasteiger partial charge < -0.3 is 15.0 Å². The maximum atomic E-state index is 8.68. The largest absolute Gasteiger partial charge is 0.496 e. The van der Waals surface area contributed by atoms with Crippen LogP contribution in [0.3, 0.4) is 0 Å². The second kappa shape index (κ2) is 5.08. The summed E-state index contributed by atoms with van der Waals surface area (Å²) in [6.07, 6.45) is 2.68. The van der Waals surface area contributed by atoms with Crippen molar-refractivity contribution in [3.8, 4) is 6.07 Å². The van der Waals surface area contributed by atoms with Crippen molar-refractivity contribution in [2.24, 2.45) is 0 Å². The summed E-state index contributed by atoms with van der Waals surface area (Å²) in [5.41, 5.74) is 6.77. The minimum atomic E-state index is -0.450. The first-order valence-corrected chi connectivity index (χ1v) is 6.74. The van der Waals surface area contributed by atoms with Gasteiger partial charge in [-0.2, -0.15) is 5.26 Å². The zero-order valence-corrected chi connectivity index (χ0v) is 12.4. The smallest absolute Gasteiger partial charge is 0.399 e. The lowest BCUT2D eigenvalue weighted by Crippen LogP contribution is -2.41. The molecule has 1 saturated heterocycles. The van der Waals surface area contributed by atoms with Gasteiger partial charge in [0.1, 0.15) is 5.82 Å². The molecule has 0 amide bonds. The number of aromatic nitrogens is 1. The van der Waals surface area contributed by atoms with Gasteiger partial charge in [-0.05, 0) is 39.7 Å². The lowest BCUT2D eigenvalue weighted by Gasteiger charge is -2.32. The highest BCUT2D eigenvalue weighted by Gasteiger charge is 2.51. The molecule has 1 aliphatic heterocycles. The quantitative estimate of drug-likeness (QED) is 0.842. The van der Waals surface area contributed by atoms with Crippen molar-refractivity contribution in [1.29, 1.82) is 5.26 Å². The summed E-state index contributed by atoms with van der Waals surface area (Å²) < 4.78 is 12.0. The molecule has 2 heterocycles. The van der Waals surface area contributed by atoms with Gasteiger partial charge in [-0.25, -0.2) is 4.98 Å². The van der Waals surface area contributed by atoms with E-state index in [1.54, 1.807) is 6.20 Å². The first kappa shape index (κ1) is 14.8. The fourth-order valence-corrected chi connectivity index (χ4v) is 2.04. The number of hydrogen-bond donors (Lipinski definition) is 1. The van der Waals surface area contributed by atoms with E-state index in [9.17, 15) is 0 Å². The van der Waals surface area contributed by atoms with Crippen LogP contribution >= 0.6 is 0 Å². The van der Waals surface area contributed by atoms with Crippen molar-refractivity contribution in [3.05, 3.63) is 17.8 Å². The van der Waals surface area contributed by atoms with Crippen LogP contribution in [0.4, 0.5) is 5.82 Å². The Morgan fingerprint density at radius 2 is 1.90 bits per heavy atom. The third kappa shape index (κ3) is 2.65. The summed E-state index contributed by atoms with van der Waals surface area (Å²) in [6.45, 7) is 8.03. The molecule has 1 aromatic rings. The molecule has 2 rings (SSSR count). The van der Waals surface area contributed by atoms with Gasteiger partial charge in [0.15, 0.2) is 0 Å². The van der Waals surface area contributed by atoms with Crippen LogP contribution < -0.4 is 11.2 Å². The Balaban J connectivity index is 2.25. The summed E-state index contributed by atoms with van der Waals surface area (Å²) in [6, 6.07) is 4.03. The van der Waals surface area contributed by atoms with Gasteiger partial charge in [-0.3, -0.25) is 0 Å². The van der Waals surface area contributed by atoms with E-state index < -0.39 is 7.12 Å². The van der Waals surface area contributed by atoms with E-state index in [1.807, 2.05) is 33.8 Å². The standard InChI is InChI=1S/C14H20BN3O2/c1-13(2)14(3,4)20-15(19-13)11-8-10(6-5-7-16)12(17)18-9-11/h8-9H,5-6H2,1-4H3,(H2,17,18). The molecule has 106 valence electrons. The highest BCUT2D eigenvalue weighted by atomic mass is 16.7. The van der Waals surface area contributed by atoms with Crippen molar-refractivity contribution < 1.29 is 9.31 Å². The second-order valence-corrected chi connectivity index (χ2v) is 6.06. The molecule has 0 spiro atoms. The van der Waals surface area contributed by atoms with Crippen molar-refractivity contribution in [3.63, 3.8) is 0 Å². The maximum absolute atomic E-state index is 8.68. The minimum Gasteiger partial charge on any atom is -0.399 e. The molecule has 20 heavy (non-hydrogen) atoms. The third-order valence-corrected chi connectivity index (χ3v) is 4.05. The summed E-state index contributed by atoms with van der Waals surface area (Å²) in [7, 11) is -0.450. The minimum absolute atomic E-state index is 0.383. The predicted molar refractivity (Wildman–Crippen MR) is 78.3 cm³/mol. The lowest BCUT2D eigenvalue weighted by molar-refractivity contribution is 0.00578. The maximum Gasteiger partial charge on any atom is 0.496 e. The zero-order valence-electron chi connectivity index (χ0n) is 12.4. The molecule has 6 heteroatoms. The van der Waals surface area contributed by atoms with E-state index in [2.05, 4.69) is 11.1 Å². The number of nitrogen functional groups attached to an aromatic ring is 1. The first-order valence-electron chi connectivity index (χ1n) is 6.74. The van der Waals surface area contributed by atoms with Crippen molar-refractivity contribution >= 4 is 18.4 Å². The number of nitrogens with zero attached hydrogens (tertiary/aromatic N) is 2. The summed E-state index contributed by atoms with van der Waals surface area (Å²) >= 11 is 0. The first-order chi connectivity index (χ1) is 9.27. The molecule has 0 saturated carbocycles. The lowest BCUT2D eigenvalue weighted by atomic mass is 9.79. The number of rotatable bonds is 3. The van der Waals surface area contributed by atoms with E-state index in [0.29, 0.717) is 18.7 Å². The van der Waals surface area contributed by atoms with Crippen molar-refractivity contribution in [1.82, 2.24) is 4.98 Å². The molecule has 0 unspecified atom stereocenters. The summed E-state index contributed by atoms with van der Waals surface area (Å²) in [5, 5.41) is 8.68. The van der Waals surface area contributed by atoms with E-state index in [0.717, 1.165) is 11.0 Å². The molecule has 0 aromatic carbocycles. The Kier molecular flexibility index (Phi) is 3.76. The topological polar surface area (TPSA) is 81.2 Å². The van der Waals surface area contributed by atoms with Gasteiger partial charge >= 0.3 is 7.12 Å². The van der Waals surface area contributed by atoms with Crippen LogP contribution in [0.5, 0.6) is 0 Å². The highest BCUT2D eigenvalue weighted by molar-refractivity contribution is 6.62. The van der Waals surface area contributed by atoms with Crippen LogP contribution in [-0.2, 0) is 15.7 Å². The predicted octanol–water partition coefficient (Wildman–Crippen LogP) is 1.42. The number of nitrogens with two attached hydrogens (primary N) is 1. The van der Waals surface area contributed by atoms with Gasteiger partial charge in [0, 0.05) is 18.1 Å². The van der Waals surface area contributed by atoms with Crippen LogP contribution in [0, 0.1) is 11.3 Å². The third-order valence-electron chi connectivity index (χ3n) is 4.05. The van der Waals surface area contributed by atoms with Crippen molar-refractivity contribution in [2.75, 3.05) is 5.73 Å². The number of pyridine rings is 1. The Morgan fingerprint density at radius 3 is 2.45 bits per heavy atom. The van der Waals surface area contributed by atoms with Gasteiger partial charge in [0.05, 0.1) is 17.3 Å². The zero-order chi connectivity index (χ0) is 15.0. The molecular weight excluding hydrogens is 253 g/mol. The van der Waals surface area contributed by atoms with Crippen LogP contribution in [0.15, 0.2) is 12.3 Å². The van der Waals surface area contributed by atoms with Gasteiger partial charge in [-0.1, -0.05) is 6.07 Å². The van der Waals surface area contributed by atoms with Crippen LogP contribution in [-0.4, -0.2) is 23.3 Å². The number of anilines is 1. The van der Waals surface area contributed by atoms with E-state index in [1.165, 1.54) is 0 Å². The molecule has 0 atom stereocenters. The highest BCUT2D eigenvalue weighted by Crippen LogP contribution is 2.36. The van der Waals surface area contributed by atoms with Gasteiger partial charge in [0.25, 0.3) is 0 Å². The molecule has 0 aliphatic carbocycles. The van der Waals surface area contributed by atoms with Crippen LogP contribution in [0.25, 0.3) is 0 Å². The fourth-order valence-electron chi connectivity index (χ4n) is 2.04. The van der Waals surface area contributed by atoms with E-state index in [4.69, 9.17) is 20.3 Å². The fraction of sp³-hybridized carbons (Fsp3) is 0.571. The molecule has 0 radical (unpaired) electrons. The molecule has 1 fully saturated rings. The van der Waals surface area contributed by atoms with Gasteiger partial charge in [0.2, 0.25) is 0 Å².